The van der Waals surface area contributed by atoms with E-state index in [0.717, 1.165) is 5.69 Å². The molecule has 0 aliphatic heterocycles. The van der Waals surface area contributed by atoms with E-state index >= 15 is 0 Å². The molecule has 2 aromatic carbocycles. The van der Waals surface area contributed by atoms with Gasteiger partial charge in [0.25, 0.3) is 5.56 Å². The van der Waals surface area contributed by atoms with Gasteiger partial charge >= 0.3 is 0 Å². The number of anilines is 1. The van der Waals surface area contributed by atoms with Crippen molar-refractivity contribution < 1.29 is 0 Å². The Morgan fingerprint density at radius 1 is 1.08 bits per heavy atom. The number of halogens is 3. The standard InChI is InChI=1S/C17H12Cl3N3O/c1-10-13(9-21-16-14(19)7-11(18)8-15(16)20)17(24)23(22-10)12-5-3-2-4-6-12/h2-9,21-22H,1H2/b13-9-. The summed E-state index contributed by atoms with van der Waals surface area (Å²) in [4.78, 5) is 12.6. The molecule has 0 saturated carbocycles. The van der Waals surface area contributed by atoms with Gasteiger partial charge in [-0.3, -0.25) is 9.89 Å². The van der Waals surface area contributed by atoms with Gasteiger partial charge in [0, 0.05) is 11.2 Å². The average Bonchev–Trinajstić information content (AvgIpc) is 2.82. The molecule has 0 radical (unpaired) electrons. The van der Waals surface area contributed by atoms with E-state index in [2.05, 4.69) is 17.0 Å². The minimum Gasteiger partial charge on any atom is -0.358 e. The molecule has 0 unspecified atom stereocenters. The van der Waals surface area contributed by atoms with Crippen LogP contribution in [0.25, 0.3) is 18.5 Å². The highest BCUT2D eigenvalue weighted by molar-refractivity contribution is 6.41. The second kappa shape index (κ2) is 6.77. The first-order valence-corrected chi connectivity index (χ1v) is 8.07. The highest BCUT2D eigenvalue weighted by Crippen LogP contribution is 2.33. The van der Waals surface area contributed by atoms with Crippen LogP contribution >= 0.6 is 34.8 Å². The zero-order chi connectivity index (χ0) is 17.3. The van der Waals surface area contributed by atoms with Crippen LogP contribution in [0.1, 0.15) is 0 Å². The van der Waals surface area contributed by atoms with E-state index in [1.807, 2.05) is 30.3 Å². The van der Waals surface area contributed by atoms with Crippen LogP contribution in [0.2, 0.25) is 15.1 Å². The Morgan fingerprint density at radius 3 is 2.33 bits per heavy atom. The van der Waals surface area contributed by atoms with Gasteiger partial charge in [0.1, 0.15) is 0 Å². The Balaban J connectivity index is 2.06. The lowest BCUT2D eigenvalue weighted by molar-refractivity contribution is 0.838. The van der Waals surface area contributed by atoms with Gasteiger partial charge in [-0.1, -0.05) is 59.6 Å². The lowest BCUT2D eigenvalue weighted by atomic mass is 10.3. The summed E-state index contributed by atoms with van der Waals surface area (Å²) in [6.45, 7) is 3.86. The monoisotopic (exact) mass is 379 g/mol. The Kier molecular flexibility index (Phi) is 4.71. The molecule has 1 heterocycles. The fourth-order valence-corrected chi connectivity index (χ4v) is 3.15. The number of rotatable bonds is 3. The number of hydrogen-bond acceptors (Lipinski definition) is 2. The molecular formula is C17H12Cl3N3O. The topological polar surface area (TPSA) is 49.8 Å². The summed E-state index contributed by atoms with van der Waals surface area (Å²) >= 11 is 18.1. The first-order chi connectivity index (χ1) is 11.5. The highest BCUT2D eigenvalue weighted by atomic mass is 35.5. The first kappa shape index (κ1) is 16.7. The van der Waals surface area contributed by atoms with Crippen molar-refractivity contribution in [3.8, 4) is 5.69 Å². The predicted molar refractivity (Wildman–Crippen MR) is 101 cm³/mol. The third-order valence-corrected chi connectivity index (χ3v) is 4.20. The third kappa shape index (κ3) is 3.22. The van der Waals surface area contributed by atoms with Crippen molar-refractivity contribution >= 4 is 53.3 Å². The van der Waals surface area contributed by atoms with Crippen molar-refractivity contribution in [3.05, 3.63) is 78.5 Å². The second-order valence-electron chi connectivity index (χ2n) is 5.01. The molecule has 2 N–H and O–H groups in total. The van der Waals surface area contributed by atoms with Gasteiger partial charge in [-0.2, -0.15) is 0 Å². The summed E-state index contributed by atoms with van der Waals surface area (Å²) in [7, 11) is 0. The summed E-state index contributed by atoms with van der Waals surface area (Å²) in [5.74, 6) is 0. The Labute approximate surface area is 152 Å². The maximum atomic E-state index is 12.6. The predicted octanol–water partition coefficient (Wildman–Crippen LogP) is 3.39. The molecule has 122 valence electrons. The number of H-pyrrole nitrogens is 1. The average molecular weight is 381 g/mol. The van der Waals surface area contributed by atoms with Crippen LogP contribution < -0.4 is 21.4 Å². The molecule has 4 nitrogen and oxygen atoms in total. The van der Waals surface area contributed by atoms with Crippen LogP contribution in [0.15, 0.2) is 47.3 Å². The summed E-state index contributed by atoms with van der Waals surface area (Å²) in [5.41, 5.74) is 0.948. The molecule has 24 heavy (non-hydrogen) atoms. The highest BCUT2D eigenvalue weighted by Gasteiger charge is 2.08. The van der Waals surface area contributed by atoms with Crippen LogP contribution in [-0.2, 0) is 0 Å². The van der Waals surface area contributed by atoms with E-state index < -0.39 is 0 Å². The van der Waals surface area contributed by atoms with E-state index in [9.17, 15) is 4.79 Å². The number of benzene rings is 2. The van der Waals surface area contributed by atoms with Gasteiger partial charge in [0.15, 0.2) is 0 Å². The van der Waals surface area contributed by atoms with Crippen LogP contribution in [0, 0.1) is 0 Å². The van der Waals surface area contributed by atoms with E-state index in [1.165, 1.54) is 10.9 Å². The van der Waals surface area contributed by atoms with Gasteiger partial charge in [0.2, 0.25) is 0 Å². The first-order valence-electron chi connectivity index (χ1n) is 6.94. The summed E-state index contributed by atoms with van der Waals surface area (Å²) in [6, 6.07) is 12.3. The van der Waals surface area contributed by atoms with E-state index in [4.69, 9.17) is 34.8 Å². The zero-order valence-corrected chi connectivity index (χ0v) is 14.6. The largest absolute Gasteiger partial charge is 0.358 e. The van der Waals surface area contributed by atoms with Gasteiger partial charge < -0.3 is 5.32 Å². The summed E-state index contributed by atoms with van der Waals surface area (Å²) in [6.07, 6.45) is 1.52. The maximum absolute atomic E-state index is 12.6. The molecule has 0 spiro atoms. The number of para-hydroxylation sites is 1. The van der Waals surface area contributed by atoms with Crippen LogP contribution in [0.3, 0.4) is 0 Å². The molecule has 3 rings (SSSR count). The Bertz CT molecular complexity index is 1030. The fraction of sp³-hybridized carbons (Fsp3) is 0. The lowest BCUT2D eigenvalue weighted by Gasteiger charge is -2.06. The molecule has 0 atom stereocenters. The van der Waals surface area contributed by atoms with Crippen LogP contribution in [0.4, 0.5) is 5.69 Å². The normalized spacial score (nSPS) is 11.7. The smallest absolute Gasteiger partial charge is 0.280 e. The zero-order valence-electron chi connectivity index (χ0n) is 12.3. The Hall–Kier alpha value is -2.14. The van der Waals surface area contributed by atoms with Crippen molar-refractivity contribution in [2.45, 2.75) is 0 Å². The van der Waals surface area contributed by atoms with Gasteiger partial charge in [-0.25, -0.2) is 4.68 Å². The molecule has 7 heteroatoms. The molecular weight excluding hydrogens is 369 g/mol. The third-order valence-electron chi connectivity index (χ3n) is 3.39. The van der Waals surface area contributed by atoms with E-state index in [0.29, 0.717) is 31.3 Å². The maximum Gasteiger partial charge on any atom is 0.280 e. The molecule has 3 aromatic rings. The minimum absolute atomic E-state index is 0.236. The molecule has 0 amide bonds. The number of aromatic nitrogens is 2. The molecule has 0 fully saturated rings. The number of aromatic amines is 1. The molecule has 0 aliphatic rings. The van der Waals surface area contributed by atoms with E-state index in [-0.39, 0.29) is 5.56 Å². The minimum atomic E-state index is -0.236. The summed E-state index contributed by atoms with van der Waals surface area (Å²) < 4.78 is 1.42. The van der Waals surface area contributed by atoms with Crippen molar-refractivity contribution in [2.75, 3.05) is 5.32 Å². The number of nitrogens with one attached hydrogen (secondary N) is 2. The van der Waals surface area contributed by atoms with E-state index in [1.54, 1.807) is 12.1 Å². The van der Waals surface area contributed by atoms with Gasteiger partial charge in [-0.15, -0.1) is 0 Å². The van der Waals surface area contributed by atoms with Gasteiger partial charge in [0.05, 0.1) is 32.0 Å². The summed E-state index contributed by atoms with van der Waals surface area (Å²) in [5, 5.41) is 7.88. The fourth-order valence-electron chi connectivity index (χ4n) is 2.23. The number of hydrogen-bond donors (Lipinski definition) is 2. The second-order valence-corrected chi connectivity index (χ2v) is 6.26. The van der Waals surface area contributed by atoms with Crippen molar-refractivity contribution in [2.24, 2.45) is 0 Å². The number of nitrogens with zero attached hydrogens (tertiary/aromatic N) is 1. The van der Waals surface area contributed by atoms with Crippen molar-refractivity contribution in [1.29, 1.82) is 0 Å². The molecule has 0 aliphatic carbocycles. The van der Waals surface area contributed by atoms with Gasteiger partial charge in [-0.05, 0) is 24.3 Å². The van der Waals surface area contributed by atoms with Crippen molar-refractivity contribution in [3.63, 3.8) is 0 Å². The lowest BCUT2D eigenvalue weighted by Crippen LogP contribution is -2.34. The molecule has 1 aromatic heterocycles. The molecule has 0 bridgehead atoms. The van der Waals surface area contributed by atoms with Crippen LogP contribution in [0.5, 0.6) is 0 Å². The SMILES string of the molecule is C=c1[nH]n(-c2ccccc2)c(=O)/c1=C\Nc1c(Cl)cc(Cl)cc1Cl. The van der Waals surface area contributed by atoms with Crippen molar-refractivity contribution in [1.82, 2.24) is 9.78 Å². The van der Waals surface area contributed by atoms with Crippen LogP contribution in [-0.4, -0.2) is 9.78 Å². The molecule has 0 saturated heterocycles. The quantitative estimate of drug-likeness (QED) is 0.732. The Morgan fingerprint density at radius 2 is 1.71 bits per heavy atom.